The van der Waals surface area contributed by atoms with Crippen molar-refractivity contribution in [3.05, 3.63) is 72.3 Å². The Morgan fingerprint density at radius 1 is 1.16 bits per heavy atom. The second kappa shape index (κ2) is 10.1. The van der Waals surface area contributed by atoms with Gasteiger partial charge < -0.3 is 9.84 Å². The Morgan fingerprint density at radius 2 is 1.77 bits per heavy atom. The largest absolute Gasteiger partial charge is 0.573 e. The summed E-state index contributed by atoms with van der Waals surface area (Å²) in [7, 11) is -4.78. The van der Waals surface area contributed by atoms with Crippen LogP contribution in [0.2, 0.25) is 0 Å². The number of para-hydroxylation sites is 1. The summed E-state index contributed by atoms with van der Waals surface area (Å²) in [5.41, 5.74) is 0.625. The van der Waals surface area contributed by atoms with Crippen LogP contribution in [-0.4, -0.2) is 42.7 Å². The number of ether oxygens (including phenoxy) is 1. The van der Waals surface area contributed by atoms with Crippen molar-refractivity contribution in [3.8, 4) is 11.8 Å². The van der Waals surface area contributed by atoms with Crippen molar-refractivity contribution in [3.63, 3.8) is 0 Å². The molecular weight excluding hydrogens is 437 g/mol. The summed E-state index contributed by atoms with van der Waals surface area (Å²) < 4.78 is 69.2. The highest BCUT2D eigenvalue weighted by Gasteiger charge is 2.38. The predicted octanol–water partition coefficient (Wildman–Crippen LogP) is 3.35. The first-order chi connectivity index (χ1) is 14.5. The predicted molar refractivity (Wildman–Crippen MR) is 103 cm³/mol. The molecule has 11 heteroatoms. The second-order valence-corrected chi connectivity index (χ2v) is 8.04. The zero-order valence-electron chi connectivity index (χ0n) is 15.9. The van der Waals surface area contributed by atoms with Crippen molar-refractivity contribution < 1.29 is 36.2 Å². The monoisotopic (exact) mass is 454 g/mol. The molecule has 0 saturated heterocycles. The number of benzene rings is 2. The molecule has 0 amide bonds. The molecule has 0 aliphatic carbocycles. The van der Waals surface area contributed by atoms with E-state index in [1.165, 1.54) is 12.1 Å². The lowest BCUT2D eigenvalue weighted by Crippen LogP contribution is -2.43. The number of carbonyl (C=O) groups is 1. The van der Waals surface area contributed by atoms with E-state index in [-0.39, 0.29) is 6.42 Å². The molecule has 0 heterocycles. The maximum atomic E-state index is 13.3. The van der Waals surface area contributed by atoms with E-state index in [9.17, 15) is 31.5 Å². The number of alkyl halides is 3. The second-order valence-electron chi connectivity index (χ2n) is 6.18. The molecule has 1 unspecified atom stereocenters. The lowest BCUT2D eigenvalue weighted by Gasteiger charge is -2.28. The molecule has 0 fully saturated rings. The number of hydrogen-bond acceptors (Lipinski definition) is 5. The maximum Gasteiger partial charge on any atom is 0.573 e. The van der Waals surface area contributed by atoms with E-state index in [1.807, 2.05) is 0 Å². The number of rotatable bonds is 9. The Labute approximate surface area is 176 Å². The molecule has 2 aromatic carbocycles. The van der Waals surface area contributed by atoms with Gasteiger partial charge in [0.25, 0.3) is 0 Å². The summed E-state index contributed by atoms with van der Waals surface area (Å²) in [4.78, 5) is 10.6. The standard InChI is InChI=1S/C20H17F3N2O5S/c21-20(22,23)30-17-10-4-5-11-18(17)31(28,29)25(14-19(26)27)16(9-6-12-24)13-15-7-2-1-3-8-15/h1-11,16H,13-14H2,(H,26,27)/b9-6+. The number of hydrogen-bond donors (Lipinski definition) is 1. The maximum absolute atomic E-state index is 13.3. The minimum absolute atomic E-state index is 0.0200. The van der Waals surface area contributed by atoms with Crippen LogP contribution in [0.3, 0.4) is 0 Å². The summed E-state index contributed by atoms with van der Waals surface area (Å²) in [6.07, 6.45) is -3.02. The number of nitriles is 1. The Morgan fingerprint density at radius 3 is 2.35 bits per heavy atom. The first kappa shape index (κ1) is 23.9. The average molecular weight is 454 g/mol. The highest BCUT2D eigenvalue weighted by molar-refractivity contribution is 7.89. The zero-order valence-corrected chi connectivity index (χ0v) is 16.7. The van der Waals surface area contributed by atoms with E-state index in [2.05, 4.69) is 4.74 Å². The molecular formula is C20H17F3N2O5S. The van der Waals surface area contributed by atoms with Crippen molar-refractivity contribution in [1.29, 1.82) is 5.26 Å². The summed E-state index contributed by atoms with van der Waals surface area (Å²) >= 11 is 0. The molecule has 1 N–H and O–H groups in total. The van der Waals surface area contributed by atoms with Gasteiger partial charge in [0, 0.05) is 12.1 Å². The molecule has 0 saturated carbocycles. The lowest BCUT2D eigenvalue weighted by molar-refractivity contribution is -0.275. The van der Waals surface area contributed by atoms with E-state index in [1.54, 1.807) is 36.4 Å². The van der Waals surface area contributed by atoms with Crippen LogP contribution in [0.5, 0.6) is 5.75 Å². The topological polar surface area (TPSA) is 108 Å². The number of sulfonamides is 1. The molecule has 164 valence electrons. The normalized spacial score (nSPS) is 13.1. The number of carboxylic acid groups (broad SMARTS) is 1. The number of halogens is 3. The highest BCUT2D eigenvalue weighted by atomic mass is 32.2. The minimum atomic E-state index is -5.16. The molecule has 7 nitrogen and oxygen atoms in total. The molecule has 0 aliphatic heterocycles. The van der Waals surface area contributed by atoms with Crippen molar-refractivity contribution in [2.75, 3.05) is 6.54 Å². The quantitative estimate of drug-likeness (QED) is 0.583. The number of nitrogens with zero attached hydrogens (tertiary/aromatic N) is 2. The van der Waals surface area contributed by atoms with Crippen molar-refractivity contribution in [2.24, 2.45) is 0 Å². The van der Waals surface area contributed by atoms with Crippen LogP contribution in [0.4, 0.5) is 13.2 Å². The Hall–Kier alpha value is -3.36. The average Bonchev–Trinajstić information content (AvgIpc) is 2.69. The van der Waals surface area contributed by atoms with Crippen LogP contribution < -0.4 is 4.74 Å². The third-order valence-electron chi connectivity index (χ3n) is 4.00. The van der Waals surface area contributed by atoms with Gasteiger partial charge in [0.1, 0.15) is 17.2 Å². The first-order valence-electron chi connectivity index (χ1n) is 8.73. The van der Waals surface area contributed by atoms with E-state index < -0.39 is 45.6 Å². The minimum Gasteiger partial charge on any atom is -0.480 e. The van der Waals surface area contributed by atoms with Crippen LogP contribution >= 0.6 is 0 Å². The summed E-state index contributed by atoms with van der Waals surface area (Å²) in [5, 5.41) is 18.2. The van der Waals surface area contributed by atoms with Crippen LogP contribution in [0.15, 0.2) is 71.6 Å². The van der Waals surface area contributed by atoms with E-state index in [0.29, 0.717) is 9.87 Å². The van der Waals surface area contributed by atoms with Crippen molar-refractivity contribution in [2.45, 2.75) is 23.7 Å². The van der Waals surface area contributed by atoms with Crippen LogP contribution in [-0.2, 0) is 21.2 Å². The van der Waals surface area contributed by atoms with Crippen LogP contribution in [0.25, 0.3) is 0 Å². The molecule has 0 spiro atoms. The Bertz CT molecular complexity index is 1080. The fraction of sp³-hybridized carbons (Fsp3) is 0.200. The number of allylic oxidation sites excluding steroid dienone is 1. The van der Waals surface area contributed by atoms with Crippen LogP contribution in [0, 0.1) is 11.3 Å². The van der Waals surface area contributed by atoms with Gasteiger partial charge >= 0.3 is 12.3 Å². The molecule has 0 bridgehead atoms. The third kappa shape index (κ3) is 6.84. The number of aliphatic carboxylic acids is 1. The molecule has 0 aliphatic rings. The fourth-order valence-electron chi connectivity index (χ4n) is 2.79. The SMILES string of the molecule is N#C/C=C/C(Cc1ccccc1)N(CC(=O)O)S(=O)(=O)c1ccccc1OC(F)(F)F. The van der Waals surface area contributed by atoms with Gasteiger partial charge in [-0.1, -0.05) is 48.5 Å². The molecule has 0 radical (unpaired) electrons. The molecule has 31 heavy (non-hydrogen) atoms. The lowest BCUT2D eigenvalue weighted by atomic mass is 10.1. The van der Waals surface area contributed by atoms with Crippen LogP contribution in [0.1, 0.15) is 5.56 Å². The highest BCUT2D eigenvalue weighted by Crippen LogP contribution is 2.32. The molecule has 0 aromatic heterocycles. The molecule has 2 aromatic rings. The van der Waals surface area contributed by atoms with Gasteiger partial charge in [0.2, 0.25) is 10.0 Å². The summed E-state index contributed by atoms with van der Waals surface area (Å²) in [6.45, 7) is -1.05. The number of carboxylic acids is 1. The van der Waals surface area contributed by atoms with Gasteiger partial charge in [-0.25, -0.2) is 8.42 Å². The molecule has 2 rings (SSSR count). The van der Waals surface area contributed by atoms with Gasteiger partial charge in [-0.2, -0.15) is 9.57 Å². The Balaban J connectivity index is 2.58. The summed E-state index contributed by atoms with van der Waals surface area (Å²) in [5.74, 6) is -2.52. The third-order valence-corrected chi connectivity index (χ3v) is 5.91. The molecule has 1 atom stereocenters. The van der Waals surface area contributed by atoms with Gasteiger partial charge in [0.15, 0.2) is 0 Å². The van der Waals surface area contributed by atoms with Crippen molar-refractivity contribution in [1.82, 2.24) is 4.31 Å². The van der Waals surface area contributed by atoms with E-state index in [4.69, 9.17) is 5.26 Å². The van der Waals surface area contributed by atoms with Gasteiger partial charge in [-0.15, -0.1) is 13.2 Å². The Kier molecular flexibility index (Phi) is 7.79. The van der Waals surface area contributed by atoms with E-state index in [0.717, 1.165) is 24.3 Å². The fourth-order valence-corrected chi connectivity index (χ4v) is 4.44. The van der Waals surface area contributed by atoms with Gasteiger partial charge in [-0.05, 0) is 24.1 Å². The zero-order chi connectivity index (χ0) is 23.1. The van der Waals surface area contributed by atoms with E-state index >= 15 is 0 Å². The van der Waals surface area contributed by atoms with Gasteiger partial charge in [-0.3, -0.25) is 4.79 Å². The summed E-state index contributed by atoms with van der Waals surface area (Å²) in [6, 6.07) is 13.0. The van der Waals surface area contributed by atoms with Gasteiger partial charge in [0.05, 0.1) is 6.07 Å². The first-order valence-corrected chi connectivity index (χ1v) is 10.2. The van der Waals surface area contributed by atoms with Crippen molar-refractivity contribution >= 4 is 16.0 Å². The smallest absolute Gasteiger partial charge is 0.480 e.